The summed E-state index contributed by atoms with van der Waals surface area (Å²) in [5.41, 5.74) is 7.15. The minimum atomic E-state index is -1.64. The zero-order valence-corrected chi connectivity index (χ0v) is 13.7. The third kappa shape index (κ3) is 3.33. The van der Waals surface area contributed by atoms with Crippen LogP contribution in [-0.2, 0) is 6.42 Å². The zero-order valence-electron chi connectivity index (χ0n) is 10.3. The lowest BCUT2D eigenvalue weighted by Gasteiger charge is -2.23. The fourth-order valence-electron chi connectivity index (χ4n) is 1.95. The van der Waals surface area contributed by atoms with Crippen LogP contribution in [0.4, 0.5) is 0 Å². The number of nitrogens with two attached hydrogens (primary N) is 1. The lowest BCUT2D eigenvalue weighted by Crippen LogP contribution is -2.44. The highest BCUT2D eigenvalue weighted by atomic mass is 79.9. The second-order valence-corrected chi connectivity index (χ2v) is 11.2. The minimum Gasteiger partial charge on any atom is -0.366 e. The number of primary amides is 1. The topological polar surface area (TPSA) is 43.1 Å². The molecule has 2 nitrogen and oxygen atoms in total. The molecule has 17 heavy (non-hydrogen) atoms. The highest BCUT2D eigenvalue weighted by Gasteiger charge is 2.27. The fraction of sp³-hybridized carbons (Fsp3) is 0.417. The number of alkyl halides is 1. The van der Waals surface area contributed by atoms with Gasteiger partial charge in [0, 0.05) is 15.9 Å². The summed E-state index contributed by atoms with van der Waals surface area (Å²) in [6, 6.07) is 3.91. The van der Waals surface area contributed by atoms with Crippen LogP contribution in [0, 0.1) is 0 Å². The van der Waals surface area contributed by atoms with Crippen molar-refractivity contribution in [1.29, 1.82) is 0 Å². The first-order valence-electron chi connectivity index (χ1n) is 5.46. The van der Waals surface area contributed by atoms with Crippen LogP contribution in [0.15, 0.2) is 16.6 Å². The van der Waals surface area contributed by atoms with Crippen molar-refractivity contribution >= 4 is 46.7 Å². The second-order valence-electron chi connectivity index (χ2n) is 5.01. The molecule has 0 atom stereocenters. The van der Waals surface area contributed by atoms with E-state index in [0.29, 0.717) is 17.9 Å². The summed E-state index contributed by atoms with van der Waals surface area (Å²) in [5, 5.41) is 1.09. The first kappa shape index (κ1) is 14.7. The van der Waals surface area contributed by atoms with E-state index < -0.39 is 8.07 Å². The summed E-state index contributed by atoms with van der Waals surface area (Å²) in [6.45, 7) is 6.60. The highest BCUT2D eigenvalue weighted by molar-refractivity contribution is 9.10. The van der Waals surface area contributed by atoms with Crippen LogP contribution in [0.1, 0.15) is 15.9 Å². The van der Waals surface area contributed by atoms with Gasteiger partial charge in [0.15, 0.2) is 0 Å². The molecule has 0 aliphatic carbocycles. The van der Waals surface area contributed by atoms with E-state index >= 15 is 0 Å². The van der Waals surface area contributed by atoms with Gasteiger partial charge in [0.05, 0.1) is 8.07 Å². The largest absolute Gasteiger partial charge is 0.366 e. The van der Waals surface area contributed by atoms with E-state index in [1.807, 2.05) is 12.1 Å². The number of aryl methyl sites for hydroxylation is 1. The van der Waals surface area contributed by atoms with Crippen molar-refractivity contribution in [1.82, 2.24) is 0 Å². The maximum absolute atomic E-state index is 11.7. The maximum atomic E-state index is 11.7. The molecule has 5 heteroatoms. The molecular formula is C12H17BrClNOSi. The highest BCUT2D eigenvalue weighted by Crippen LogP contribution is 2.20. The van der Waals surface area contributed by atoms with Crippen LogP contribution in [0.5, 0.6) is 0 Å². The average molecular weight is 335 g/mol. The Morgan fingerprint density at radius 2 is 2.00 bits per heavy atom. The number of halogens is 2. The Balaban J connectivity index is 3.55. The van der Waals surface area contributed by atoms with E-state index in [4.69, 9.17) is 17.3 Å². The predicted octanol–water partition coefficient (Wildman–Crippen LogP) is 2.87. The monoisotopic (exact) mass is 333 g/mol. The van der Waals surface area contributed by atoms with Gasteiger partial charge in [-0.1, -0.05) is 41.6 Å². The number of hydrogen-bond donors (Lipinski definition) is 1. The molecule has 0 heterocycles. The lowest BCUT2D eigenvalue weighted by atomic mass is 10.0. The van der Waals surface area contributed by atoms with Gasteiger partial charge in [0.2, 0.25) is 5.91 Å². The zero-order chi connectivity index (χ0) is 13.2. The Bertz CT molecular complexity index is 443. The third-order valence-corrected chi connectivity index (χ3v) is 5.84. The molecule has 0 radical (unpaired) electrons. The van der Waals surface area contributed by atoms with E-state index in [1.165, 1.54) is 0 Å². The second kappa shape index (κ2) is 5.55. The molecule has 1 aromatic carbocycles. The number of rotatable bonds is 4. The van der Waals surface area contributed by atoms with Gasteiger partial charge in [0.25, 0.3) is 0 Å². The summed E-state index contributed by atoms with van der Waals surface area (Å²) in [7, 11) is -1.64. The minimum absolute atomic E-state index is 0.358. The van der Waals surface area contributed by atoms with Crippen LogP contribution < -0.4 is 10.9 Å². The molecule has 0 spiro atoms. The number of benzene rings is 1. The van der Waals surface area contributed by atoms with Crippen molar-refractivity contribution in [2.75, 3.05) is 5.88 Å². The summed E-state index contributed by atoms with van der Waals surface area (Å²) in [6.07, 6.45) is 0.671. The Kier molecular flexibility index (Phi) is 4.81. The van der Waals surface area contributed by atoms with E-state index in [2.05, 4.69) is 35.6 Å². The van der Waals surface area contributed by atoms with Gasteiger partial charge in [-0.15, -0.1) is 11.6 Å². The summed E-state index contributed by atoms with van der Waals surface area (Å²) < 4.78 is 0.976. The Morgan fingerprint density at radius 3 is 2.41 bits per heavy atom. The third-order valence-electron chi connectivity index (χ3n) is 2.60. The molecule has 0 aromatic heterocycles. The lowest BCUT2D eigenvalue weighted by molar-refractivity contribution is 0.100. The predicted molar refractivity (Wildman–Crippen MR) is 80.1 cm³/mol. The molecule has 94 valence electrons. The Hall–Kier alpha value is -0.323. The van der Waals surface area contributed by atoms with Crippen molar-refractivity contribution in [2.24, 2.45) is 5.73 Å². The van der Waals surface area contributed by atoms with Crippen LogP contribution in [0.2, 0.25) is 19.6 Å². The standard InChI is InChI=1S/C12H17BrClNOSi/c1-17(2,3)11-9(13)5-4-8(6-7-14)10(11)12(15)16/h4-5H,6-7H2,1-3H3,(H2,15,16). The molecule has 0 bridgehead atoms. The molecule has 0 saturated carbocycles. The molecule has 0 unspecified atom stereocenters. The van der Waals surface area contributed by atoms with E-state index in [1.54, 1.807) is 0 Å². The SMILES string of the molecule is C[Si](C)(C)c1c(Br)ccc(CCCl)c1C(N)=O. The van der Waals surface area contributed by atoms with Crippen molar-refractivity contribution in [3.8, 4) is 0 Å². The molecule has 0 fully saturated rings. The van der Waals surface area contributed by atoms with Crippen molar-refractivity contribution in [2.45, 2.75) is 26.1 Å². The van der Waals surface area contributed by atoms with Crippen molar-refractivity contribution in [3.05, 3.63) is 27.7 Å². The Labute approximate surface area is 117 Å². The summed E-state index contributed by atoms with van der Waals surface area (Å²) >= 11 is 9.30. The molecule has 1 aromatic rings. The number of carbonyl (C=O) groups excluding carboxylic acids is 1. The molecule has 1 rings (SSSR count). The molecule has 2 N–H and O–H groups in total. The molecule has 0 aliphatic heterocycles. The number of hydrogen-bond acceptors (Lipinski definition) is 1. The molecular weight excluding hydrogens is 318 g/mol. The van der Waals surface area contributed by atoms with Gasteiger partial charge in [-0.25, -0.2) is 0 Å². The van der Waals surface area contributed by atoms with Gasteiger partial charge in [0.1, 0.15) is 0 Å². The smallest absolute Gasteiger partial charge is 0.248 e. The normalized spacial score (nSPS) is 11.6. The van der Waals surface area contributed by atoms with Crippen LogP contribution in [0.3, 0.4) is 0 Å². The van der Waals surface area contributed by atoms with E-state index in [0.717, 1.165) is 15.2 Å². The van der Waals surface area contributed by atoms with Gasteiger partial charge in [-0.2, -0.15) is 0 Å². The van der Waals surface area contributed by atoms with E-state index in [9.17, 15) is 4.79 Å². The van der Waals surface area contributed by atoms with Gasteiger partial charge >= 0.3 is 0 Å². The summed E-state index contributed by atoms with van der Waals surface area (Å²) in [4.78, 5) is 11.7. The summed E-state index contributed by atoms with van der Waals surface area (Å²) in [5.74, 6) is 0.136. The number of carbonyl (C=O) groups is 1. The van der Waals surface area contributed by atoms with Crippen LogP contribution >= 0.6 is 27.5 Å². The number of amides is 1. The Morgan fingerprint density at radius 1 is 1.41 bits per heavy atom. The first-order valence-corrected chi connectivity index (χ1v) is 10.3. The van der Waals surface area contributed by atoms with Crippen LogP contribution in [-0.4, -0.2) is 19.9 Å². The quantitative estimate of drug-likeness (QED) is 0.668. The average Bonchev–Trinajstić information content (AvgIpc) is 2.18. The molecule has 0 saturated heterocycles. The van der Waals surface area contributed by atoms with Gasteiger partial charge in [-0.3, -0.25) is 4.79 Å². The van der Waals surface area contributed by atoms with E-state index in [-0.39, 0.29) is 5.91 Å². The van der Waals surface area contributed by atoms with Crippen molar-refractivity contribution < 1.29 is 4.79 Å². The fourth-order valence-corrected chi connectivity index (χ4v) is 6.10. The first-order chi connectivity index (χ1) is 7.79. The van der Waals surface area contributed by atoms with Gasteiger partial charge < -0.3 is 5.73 Å². The van der Waals surface area contributed by atoms with Crippen molar-refractivity contribution in [3.63, 3.8) is 0 Å². The molecule has 0 aliphatic rings. The molecule has 1 amide bonds. The van der Waals surface area contributed by atoms with Crippen LogP contribution in [0.25, 0.3) is 0 Å². The van der Waals surface area contributed by atoms with Gasteiger partial charge in [-0.05, 0) is 23.2 Å². The maximum Gasteiger partial charge on any atom is 0.248 e.